The molecule has 0 radical (unpaired) electrons. The van der Waals surface area contributed by atoms with Gasteiger partial charge in [-0.3, -0.25) is 0 Å². The number of hydrogen-bond acceptors (Lipinski definition) is 5. The van der Waals surface area contributed by atoms with E-state index in [2.05, 4.69) is 76.2 Å². The third-order valence-corrected chi connectivity index (χ3v) is 5.74. The van der Waals surface area contributed by atoms with E-state index in [1.54, 1.807) is 60.9 Å². The minimum atomic E-state index is -0.959. The summed E-state index contributed by atoms with van der Waals surface area (Å²) >= 11 is 17.7. The van der Waals surface area contributed by atoms with Crippen molar-refractivity contribution >= 4 is 73.1 Å². The van der Waals surface area contributed by atoms with Crippen molar-refractivity contribution in [3.63, 3.8) is 0 Å². The lowest BCUT2D eigenvalue weighted by Crippen LogP contribution is -2.00. The highest BCUT2D eigenvalue weighted by molar-refractivity contribution is 9.28. The molecule has 228 valence electrons. The molecule has 2 aromatic heterocycles. The van der Waals surface area contributed by atoms with E-state index in [-0.39, 0.29) is 11.5 Å². The van der Waals surface area contributed by atoms with Crippen LogP contribution in [0.4, 0.5) is 0 Å². The number of carbonyl (C=O) groups excluding carboxylic acids is 1. The summed E-state index contributed by atoms with van der Waals surface area (Å²) in [5.41, 5.74) is 3.97. The Morgan fingerprint density at radius 2 is 1.24 bits per heavy atom. The first-order valence-electron chi connectivity index (χ1n) is 12.9. The molecule has 0 amide bonds. The van der Waals surface area contributed by atoms with Gasteiger partial charge >= 0.3 is 11.9 Å². The third kappa shape index (κ3) is 16.3. The van der Waals surface area contributed by atoms with E-state index in [0.717, 1.165) is 20.1 Å². The van der Waals surface area contributed by atoms with E-state index in [1.165, 1.54) is 19.2 Å². The van der Waals surface area contributed by atoms with E-state index in [4.69, 9.17) is 34.7 Å². The standard InChI is InChI=1S/C16H8ClNO2.C10H8Br2O2.C7H4ClN.C2H6/c17-15-10-7-13(11-18-15)4-2-1-3-12-5-8-14(9-6-12)16(19)20;1-14-10(13)8-4-2-7(3-5-8)6-9(11)12;1-2-6-3-4-7(8)9-5-6;1-2/h5-11H,(H,19,20);2-6H,1H3;1,3-5H;1-2H3. The van der Waals surface area contributed by atoms with Gasteiger partial charge in [0.15, 0.2) is 0 Å². The van der Waals surface area contributed by atoms with Crippen LogP contribution in [-0.2, 0) is 4.74 Å². The van der Waals surface area contributed by atoms with Crippen LogP contribution in [0.15, 0.2) is 88.6 Å². The minimum absolute atomic E-state index is 0.230. The fourth-order valence-electron chi connectivity index (χ4n) is 2.77. The molecule has 10 heteroatoms. The van der Waals surface area contributed by atoms with Gasteiger partial charge in [0.05, 0.1) is 21.6 Å². The Balaban J connectivity index is 0.000000352. The maximum atomic E-state index is 11.1. The summed E-state index contributed by atoms with van der Waals surface area (Å²) < 4.78 is 5.44. The zero-order valence-electron chi connectivity index (χ0n) is 24.3. The van der Waals surface area contributed by atoms with Crippen LogP contribution in [0.5, 0.6) is 0 Å². The molecule has 0 atom stereocenters. The first-order chi connectivity index (χ1) is 21.6. The SMILES string of the molecule is C#Cc1ccc(Cl)nc1.CC.COC(=O)c1ccc(C=C(Br)Br)cc1.O=C(O)c1ccc(C#CC#Cc2ccc(Cl)nc2)cc1. The van der Waals surface area contributed by atoms with Gasteiger partial charge < -0.3 is 9.84 Å². The van der Waals surface area contributed by atoms with Gasteiger partial charge in [0.1, 0.15) is 10.3 Å². The van der Waals surface area contributed by atoms with Crippen molar-refractivity contribution < 1.29 is 19.4 Å². The molecular weight excluding hydrogens is 743 g/mol. The number of pyridine rings is 2. The molecule has 4 rings (SSSR count). The highest BCUT2D eigenvalue weighted by Crippen LogP contribution is 2.18. The van der Waals surface area contributed by atoms with Crippen molar-refractivity contribution in [2.24, 2.45) is 0 Å². The molecule has 0 saturated carbocycles. The Morgan fingerprint density at radius 3 is 1.67 bits per heavy atom. The molecule has 4 aromatic rings. The van der Waals surface area contributed by atoms with E-state index < -0.39 is 5.97 Å². The maximum Gasteiger partial charge on any atom is 0.337 e. The molecule has 0 fully saturated rings. The average Bonchev–Trinajstić information content (AvgIpc) is 3.06. The maximum absolute atomic E-state index is 11.1. The van der Waals surface area contributed by atoms with Gasteiger partial charge in [-0.25, -0.2) is 19.6 Å². The fraction of sp³-hybridized carbons (Fsp3) is 0.0857. The number of aromatic carboxylic acids is 1. The molecule has 0 aliphatic rings. The van der Waals surface area contributed by atoms with Crippen LogP contribution in [0.3, 0.4) is 0 Å². The zero-order chi connectivity index (χ0) is 33.6. The van der Waals surface area contributed by atoms with Crippen LogP contribution in [0.25, 0.3) is 6.08 Å². The lowest BCUT2D eigenvalue weighted by Gasteiger charge is -1.99. The number of terminal acetylenes is 1. The molecule has 0 saturated heterocycles. The molecule has 0 unspecified atom stereocenters. The van der Waals surface area contributed by atoms with Crippen LogP contribution in [-0.4, -0.2) is 34.1 Å². The van der Waals surface area contributed by atoms with Crippen LogP contribution in [0, 0.1) is 36.0 Å². The highest BCUT2D eigenvalue weighted by atomic mass is 79.9. The van der Waals surface area contributed by atoms with E-state index in [9.17, 15) is 9.59 Å². The molecule has 1 N–H and O–H groups in total. The largest absolute Gasteiger partial charge is 0.478 e. The first-order valence-corrected chi connectivity index (χ1v) is 15.2. The van der Waals surface area contributed by atoms with Crippen LogP contribution in [0.2, 0.25) is 10.3 Å². The van der Waals surface area contributed by atoms with Gasteiger partial charge in [-0.15, -0.1) is 6.42 Å². The number of nitrogens with zero attached hydrogens (tertiary/aromatic N) is 2. The number of halogens is 4. The molecule has 45 heavy (non-hydrogen) atoms. The van der Waals surface area contributed by atoms with Crippen molar-refractivity contribution in [3.05, 3.63) is 132 Å². The first kappa shape index (κ1) is 38.7. The summed E-state index contributed by atoms with van der Waals surface area (Å²) in [5, 5.41) is 9.65. The van der Waals surface area contributed by atoms with Gasteiger partial charge in [-0.2, -0.15) is 0 Å². The fourth-order valence-corrected chi connectivity index (χ4v) is 3.53. The summed E-state index contributed by atoms with van der Waals surface area (Å²) in [6.07, 6.45) is 10.1. The zero-order valence-corrected chi connectivity index (χ0v) is 29.0. The van der Waals surface area contributed by atoms with Crippen LogP contribution < -0.4 is 0 Å². The van der Waals surface area contributed by atoms with Gasteiger partial charge in [-0.1, -0.05) is 66.9 Å². The topological polar surface area (TPSA) is 89.4 Å². The second-order valence-electron chi connectivity index (χ2n) is 7.81. The monoisotopic (exact) mass is 766 g/mol. The van der Waals surface area contributed by atoms with E-state index >= 15 is 0 Å². The lowest BCUT2D eigenvalue weighted by atomic mass is 10.1. The Labute approximate surface area is 290 Å². The number of rotatable bonds is 3. The summed E-state index contributed by atoms with van der Waals surface area (Å²) in [6, 6.07) is 20.2. The molecule has 6 nitrogen and oxygen atoms in total. The Bertz CT molecular complexity index is 1720. The van der Waals surface area contributed by atoms with Gasteiger partial charge in [0.2, 0.25) is 0 Å². The van der Waals surface area contributed by atoms with Crippen molar-refractivity contribution in [1.82, 2.24) is 9.97 Å². The molecular formula is C35H26Br2Cl2N2O4. The number of hydrogen-bond donors (Lipinski definition) is 1. The number of ether oxygens (including phenoxy) is 1. The van der Waals surface area contributed by atoms with E-state index in [1.807, 2.05) is 32.1 Å². The second-order valence-corrected chi connectivity index (χ2v) is 11.4. The summed E-state index contributed by atoms with van der Waals surface area (Å²) in [5.74, 6) is 12.2. The summed E-state index contributed by atoms with van der Waals surface area (Å²) in [7, 11) is 1.37. The van der Waals surface area contributed by atoms with Gasteiger partial charge in [0.25, 0.3) is 0 Å². The molecule has 0 aliphatic heterocycles. The van der Waals surface area contributed by atoms with Crippen molar-refractivity contribution in [3.8, 4) is 36.0 Å². The number of carboxylic acid groups (broad SMARTS) is 1. The van der Waals surface area contributed by atoms with Gasteiger partial charge in [0, 0.05) is 29.1 Å². The number of carboxylic acids is 1. The summed E-state index contributed by atoms with van der Waals surface area (Å²) in [6.45, 7) is 4.00. The molecule has 0 bridgehead atoms. The number of esters is 1. The highest BCUT2D eigenvalue weighted by Gasteiger charge is 2.03. The molecule has 0 aliphatic carbocycles. The number of aromatic nitrogens is 2. The van der Waals surface area contributed by atoms with E-state index in [0.29, 0.717) is 21.4 Å². The Hall–Kier alpha value is -4.36. The van der Waals surface area contributed by atoms with Crippen LogP contribution in [0.1, 0.15) is 56.8 Å². The minimum Gasteiger partial charge on any atom is -0.478 e. The average molecular weight is 769 g/mol. The number of benzene rings is 2. The molecule has 2 aromatic carbocycles. The predicted molar refractivity (Wildman–Crippen MR) is 189 cm³/mol. The quantitative estimate of drug-likeness (QED) is 0.127. The van der Waals surface area contributed by atoms with Gasteiger partial charge in [-0.05, 0) is 116 Å². The number of methoxy groups -OCH3 is 1. The number of carbonyl (C=O) groups is 2. The second kappa shape index (κ2) is 22.2. The molecule has 0 spiro atoms. The smallest absolute Gasteiger partial charge is 0.337 e. The Kier molecular flexibility index (Phi) is 19.1. The third-order valence-electron chi connectivity index (χ3n) is 4.84. The summed E-state index contributed by atoms with van der Waals surface area (Å²) in [4.78, 5) is 29.4. The predicted octanol–water partition coefficient (Wildman–Crippen LogP) is 9.14. The normalized spacial score (nSPS) is 8.67. The van der Waals surface area contributed by atoms with Crippen molar-refractivity contribution in [2.75, 3.05) is 7.11 Å². The Morgan fingerprint density at radius 1 is 0.778 bits per heavy atom. The lowest BCUT2D eigenvalue weighted by molar-refractivity contribution is 0.0599. The van der Waals surface area contributed by atoms with Crippen molar-refractivity contribution in [1.29, 1.82) is 0 Å². The molecule has 2 heterocycles. The van der Waals surface area contributed by atoms with Crippen molar-refractivity contribution in [2.45, 2.75) is 13.8 Å². The van der Waals surface area contributed by atoms with Crippen LogP contribution >= 0.6 is 55.1 Å².